The minimum atomic E-state index is 0.872. The van der Waals surface area contributed by atoms with Crippen molar-refractivity contribution in [2.45, 2.75) is 27.2 Å². The van der Waals surface area contributed by atoms with Crippen LogP contribution in [-0.2, 0) is 0 Å². The molecule has 0 aromatic heterocycles. The first-order chi connectivity index (χ1) is 6.07. The zero-order valence-electron chi connectivity index (χ0n) is 9.84. The molecule has 0 aromatic carbocycles. The van der Waals surface area contributed by atoms with Gasteiger partial charge in [0.05, 0.1) is 0 Å². The summed E-state index contributed by atoms with van der Waals surface area (Å²) in [5.41, 5.74) is 0. The molecule has 0 fully saturated rings. The van der Waals surface area contributed by atoms with E-state index in [0.717, 1.165) is 11.8 Å². The van der Waals surface area contributed by atoms with Crippen molar-refractivity contribution >= 4 is 11.8 Å². The van der Waals surface area contributed by atoms with E-state index in [4.69, 9.17) is 0 Å². The van der Waals surface area contributed by atoms with E-state index in [1.54, 1.807) is 0 Å². The zero-order valence-corrected chi connectivity index (χ0v) is 10.7. The maximum absolute atomic E-state index is 2.37. The lowest BCUT2D eigenvalue weighted by Crippen LogP contribution is -2.16. The second-order valence-electron chi connectivity index (χ2n) is 4.24. The molecule has 80 valence electrons. The lowest BCUT2D eigenvalue weighted by molar-refractivity contribution is 0.412. The van der Waals surface area contributed by atoms with Crippen LogP contribution < -0.4 is 0 Å². The fraction of sp³-hybridized carbons (Fsp3) is 1.00. The Morgan fingerprint density at radius 1 is 1.15 bits per heavy atom. The first-order valence-corrected chi connectivity index (χ1v) is 6.45. The first-order valence-electron chi connectivity index (χ1n) is 5.30. The molecule has 0 aliphatic carbocycles. The topological polar surface area (TPSA) is 3.24 Å². The van der Waals surface area contributed by atoms with Crippen LogP contribution >= 0.6 is 11.8 Å². The van der Waals surface area contributed by atoms with Crippen molar-refractivity contribution in [1.29, 1.82) is 0 Å². The van der Waals surface area contributed by atoms with Crippen LogP contribution in [0.15, 0.2) is 0 Å². The molecule has 2 unspecified atom stereocenters. The molecule has 2 heteroatoms. The molecular formula is C11H25NS. The van der Waals surface area contributed by atoms with Crippen LogP contribution in [0.4, 0.5) is 0 Å². The van der Waals surface area contributed by atoms with Crippen molar-refractivity contribution in [3.05, 3.63) is 0 Å². The predicted octanol–water partition coefficient (Wildman–Crippen LogP) is 2.96. The highest BCUT2D eigenvalue weighted by atomic mass is 32.2. The van der Waals surface area contributed by atoms with Crippen LogP contribution in [0.3, 0.4) is 0 Å². The monoisotopic (exact) mass is 203 g/mol. The molecule has 0 aromatic rings. The third-order valence-corrected chi connectivity index (χ3v) is 3.91. The summed E-state index contributed by atoms with van der Waals surface area (Å²) in [5, 5.41) is 0. The van der Waals surface area contributed by atoms with Crippen molar-refractivity contribution < 1.29 is 0 Å². The maximum atomic E-state index is 2.37. The maximum Gasteiger partial charge on any atom is 0.00662 e. The van der Waals surface area contributed by atoms with Gasteiger partial charge in [-0.05, 0) is 31.7 Å². The number of nitrogens with zero attached hydrogens (tertiary/aromatic N) is 1. The van der Waals surface area contributed by atoms with Crippen molar-refractivity contribution in [3.8, 4) is 0 Å². The van der Waals surface area contributed by atoms with Gasteiger partial charge in [0.25, 0.3) is 0 Å². The highest BCUT2D eigenvalue weighted by Gasteiger charge is 2.09. The van der Waals surface area contributed by atoms with Gasteiger partial charge in [-0.2, -0.15) is 11.8 Å². The standard InChI is InChI=1S/C11H25NS/c1-6-10(2)11(3)9-13-8-7-12(4)5/h10-11H,6-9H2,1-5H3. The molecule has 0 spiro atoms. The van der Waals surface area contributed by atoms with Crippen molar-refractivity contribution in [2.24, 2.45) is 11.8 Å². The third kappa shape index (κ3) is 7.39. The second-order valence-corrected chi connectivity index (χ2v) is 5.39. The van der Waals surface area contributed by atoms with Gasteiger partial charge in [-0.1, -0.05) is 27.2 Å². The van der Waals surface area contributed by atoms with Crippen LogP contribution in [-0.4, -0.2) is 37.0 Å². The minimum absolute atomic E-state index is 0.872. The van der Waals surface area contributed by atoms with Crippen LogP contribution in [0, 0.1) is 11.8 Å². The molecular weight excluding hydrogens is 178 g/mol. The van der Waals surface area contributed by atoms with Gasteiger partial charge in [0, 0.05) is 12.3 Å². The quantitative estimate of drug-likeness (QED) is 0.585. The predicted molar refractivity (Wildman–Crippen MR) is 64.5 cm³/mol. The smallest absolute Gasteiger partial charge is 0.00662 e. The number of hydrogen-bond donors (Lipinski definition) is 0. The summed E-state index contributed by atoms with van der Waals surface area (Å²) in [5.74, 6) is 4.35. The van der Waals surface area contributed by atoms with Crippen LogP contribution in [0.25, 0.3) is 0 Å². The molecule has 0 heterocycles. The number of hydrogen-bond acceptors (Lipinski definition) is 2. The van der Waals surface area contributed by atoms with Gasteiger partial charge in [-0.15, -0.1) is 0 Å². The number of rotatable bonds is 7. The fourth-order valence-electron chi connectivity index (χ4n) is 1.08. The number of thioether (sulfide) groups is 1. The van der Waals surface area contributed by atoms with E-state index in [1.165, 1.54) is 24.5 Å². The first kappa shape index (κ1) is 13.3. The van der Waals surface area contributed by atoms with Gasteiger partial charge in [-0.25, -0.2) is 0 Å². The van der Waals surface area contributed by atoms with Crippen molar-refractivity contribution in [3.63, 3.8) is 0 Å². The lowest BCUT2D eigenvalue weighted by Gasteiger charge is -2.18. The summed E-state index contributed by atoms with van der Waals surface area (Å²) >= 11 is 2.09. The molecule has 0 radical (unpaired) electrons. The fourth-order valence-corrected chi connectivity index (χ4v) is 2.44. The van der Waals surface area contributed by atoms with E-state index in [0.29, 0.717) is 0 Å². The molecule has 0 N–H and O–H groups in total. The van der Waals surface area contributed by atoms with E-state index < -0.39 is 0 Å². The summed E-state index contributed by atoms with van der Waals surface area (Å²) in [7, 11) is 4.28. The van der Waals surface area contributed by atoms with Gasteiger partial charge in [0.2, 0.25) is 0 Å². The largest absolute Gasteiger partial charge is 0.309 e. The average molecular weight is 203 g/mol. The third-order valence-electron chi connectivity index (χ3n) is 2.68. The lowest BCUT2D eigenvalue weighted by atomic mass is 9.96. The molecule has 13 heavy (non-hydrogen) atoms. The van der Waals surface area contributed by atoms with E-state index in [-0.39, 0.29) is 0 Å². The summed E-state index contributed by atoms with van der Waals surface area (Å²) in [4.78, 5) is 2.25. The average Bonchev–Trinajstić information content (AvgIpc) is 2.10. The Balaban J connectivity index is 3.31. The highest BCUT2D eigenvalue weighted by molar-refractivity contribution is 7.99. The van der Waals surface area contributed by atoms with Crippen LogP contribution in [0.1, 0.15) is 27.2 Å². The molecule has 2 atom stereocenters. The van der Waals surface area contributed by atoms with Gasteiger partial charge in [0.15, 0.2) is 0 Å². The Morgan fingerprint density at radius 2 is 1.77 bits per heavy atom. The van der Waals surface area contributed by atoms with Crippen molar-refractivity contribution in [1.82, 2.24) is 4.90 Å². The van der Waals surface area contributed by atoms with E-state index in [9.17, 15) is 0 Å². The Labute approximate surface area is 88.3 Å². The highest BCUT2D eigenvalue weighted by Crippen LogP contribution is 2.19. The Bertz CT molecular complexity index is 115. The summed E-state index contributed by atoms with van der Waals surface area (Å²) < 4.78 is 0. The normalized spacial score (nSPS) is 16.2. The zero-order chi connectivity index (χ0) is 10.3. The van der Waals surface area contributed by atoms with Gasteiger partial charge >= 0.3 is 0 Å². The molecule has 0 bridgehead atoms. The molecule has 0 rings (SSSR count). The summed E-state index contributed by atoms with van der Waals surface area (Å²) in [6.07, 6.45) is 1.31. The second kappa shape index (κ2) is 7.69. The molecule has 0 amide bonds. The summed E-state index contributed by atoms with van der Waals surface area (Å²) in [6, 6.07) is 0. The van der Waals surface area contributed by atoms with Gasteiger partial charge in [-0.3, -0.25) is 0 Å². The van der Waals surface area contributed by atoms with Crippen LogP contribution in [0.2, 0.25) is 0 Å². The SMILES string of the molecule is CCC(C)C(C)CSCCN(C)C. The molecule has 0 aliphatic heterocycles. The van der Waals surface area contributed by atoms with E-state index in [2.05, 4.69) is 51.5 Å². The van der Waals surface area contributed by atoms with E-state index >= 15 is 0 Å². The van der Waals surface area contributed by atoms with Crippen molar-refractivity contribution in [2.75, 3.05) is 32.1 Å². The van der Waals surface area contributed by atoms with Gasteiger partial charge < -0.3 is 4.90 Å². The minimum Gasteiger partial charge on any atom is -0.309 e. The van der Waals surface area contributed by atoms with Gasteiger partial charge in [0.1, 0.15) is 0 Å². The Hall–Kier alpha value is 0.310. The van der Waals surface area contributed by atoms with E-state index in [1.807, 2.05) is 0 Å². The summed E-state index contributed by atoms with van der Waals surface area (Å²) in [6.45, 7) is 8.22. The Morgan fingerprint density at radius 3 is 2.23 bits per heavy atom. The molecule has 1 nitrogen and oxygen atoms in total. The Kier molecular flexibility index (Phi) is 7.87. The molecule has 0 saturated carbocycles. The molecule has 0 saturated heterocycles. The van der Waals surface area contributed by atoms with Crippen LogP contribution in [0.5, 0.6) is 0 Å². The molecule has 0 aliphatic rings.